The monoisotopic (exact) mass is 281 g/mol. The average Bonchev–Trinajstić information content (AvgIpc) is 2.42. The first-order valence-electron chi connectivity index (χ1n) is 9.21. The Hall–Kier alpha value is -0.0400. The van der Waals surface area contributed by atoms with Crippen LogP contribution in [0.1, 0.15) is 92.4 Å². The molecular weight excluding hydrogens is 242 g/mol. The lowest BCUT2D eigenvalue weighted by Gasteiger charge is -2.42. The molecule has 0 aliphatic heterocycles. The van der Waals surface area contributed by atoms with Gasteiger partial charge in [0.2, 0.25) is 0 Å². The maximum Gasteiger partial charge on any atom is 0.00106 e. The van der Waals surface area contributed by atoms with E-state index in [1.54, 1.807) is 0 Å². The van der Waals surface area contributed by atoms with Crippen LogP contribution < -0.4 is 5.32 Å². The van der Waals surface area contributed by atoms with Gasteiger partial charge in [-0.25, -0.2) is 0 Å². The summed E-state index contributed by atoms with van der Waals surface area (Å²) in [6.07, 6.45) is 13.0. The first-order chi connectivity index (χ1) is 9.47. The summed E-state index contributed by atoms with van der Waals surface area (Å²) in [5.74, 6) is 1.88. The Bertz CT molecular complexity index is 222. The summed E-state index contributed by atoms with van der Waals surface area (Å²) in [7, 11) is 0. The molecule has 0 spiro atoms. The highest BCUT2D eigenvalue weighted by molar-refractivity contribution is 4.88. The zero-order valence-corrected chi connectivity index (χ0v) is 14.8. The lowest BCUT2D eigenvalue weighted by Crippen LogP contribution is -2.40. The van der Waals surface area contributed by atoms with Crippen LogP contribution in [0.3, 0.4) is 0 Å². The van der Waals surface area contributed by atoms with E-state index in [0.29, 0.717) is 11.5 Å². The Labute approximate surface area is 128 Å². The van der Waals surface area contributed by atoms with E-state index in [2.05, 4.69) is 39.9 Å². The van der Waals surface area contributed by atoms with Crippen LogP contribution in [0.5, 0.6) is 0 Å². The fourth-order valence-corrected chi connectivity index (χ4v) is 3.60. The molecule has 0 saturated heterocycles. The summed E-state index contributed by atoms with van der Waals surface area (Å²) < 4.78 is 0. The number of hydrogen-bond acceptors (Lipinski definition) is 1. The summed E-state index contributed by atoms with van der Waals surface area (Å²) in [6.45, 7) is 12.9. The molecule has 0 amide bonds. The summed E-state index contributed by atoms with van der Waals surface area (Å²) in [5, 5.41) is 3.74. The second-order valence-electron chi connectivity index (χ2n) is 8.05. The summed E-state index contributed by atoms with van der Waals surface area (Å²) in [5.41, 5.74) is 0.608. The summed E-state index contributed by atoms with van der Waals surface area (Å²) in [6, 6.07) is 0.628. The van der Waals surface area contributed by atoms with Crippen molar-refractivity contribution in [3.05, 3.63) is 0 Å². The molecule has 1 fully saturated rings. The molecule has 0 aromatic heterocycles. The highest BCUT2D eigenvalue weighted by atomic mass is 14.9. The quantitative estimate of drug-likeness (QED) is 0.564. The first-order valence-corrected chi connectivity index (χ1v) is 9.21. The molecule has 120 valence electrons. The molecule has 0 unspecified atom stereocenters. The molecular formula is C19H39N. The van der Waals surface area contributed by atoms with E-state index in [1.807, 2.05) is 0 Å². The maximum atomic E-state index is 3.74. The number of rotatable bonds is 9. The van der Waals surface area contributed by atoms with Crippen LogP contribution in [0, 0.1) is 17.3 Å². The highest BCUT2D eigenvalue weighted by Crippen LogP contribution is 2.44. The van der Waals surface area contributed by atoms with Crippen molar-refractivity contribution in [2.24, 2.45) is 17.3 Å². The van der Waals surface area contributed by atoms with Crippen molar-refractivity contribution >= 4 is 0 Å². The van der Waals surface area contributed by atoms with Gasteiger partial charge in [0.25, 0.3) is 0 Å². The highest BCUT2D eigenvalue weighted by Gasteiger charge is 2.34. The second-order valence-corrected chi connectivity index (χ2v) is 8.05. The van der Waals surface area contributed by atoms with Gasteiger partial charge in [-0.15, -0.1) is 0 Å². The van der Waals surface area contributed by atoms with Crippen LogP contribution in [0.25, 0.3) is 0 Å². The summed E-state index contributed by atoms with van der Waals surface area (Å²) in [4.78, 5) is 0. The van der Waals surface area contributed by atoms with Crippen molar-refractivity contribution < 1.29 is 0 Å². The van der Waals surface area contributed by atoms with Crippen LogP contribution in [-0.4, -0.2) is 12.6 Å². The van der Waals surface area contributed by atoms with Gasteiger partial charge in [-0.05, 0) is 49.4 Å². The van der Waals surface area contributed by atoms with Gasteiger partial charge < -0.3 is 5.32 Å². The maximum absolute atomic E-state index is 3.74. The third kappa shape index (κ3) is 6.61. The van der Waals surface area contributed by atoms with E-state index < -0.39 is 0 Å². The summed E-state index contributed by atoms with van der Waals surface area (Å²) >= 11 is 0. The number of unbranched alkanes of at least 4 members (excludes halogenated alkanes) is 1. The van der Waals surface area contributed by atoms with Gasteiger partial charge in [-0.3, -0.25) is 0 Å². The van der Waals surface area contributed by atoms with Crippen molar-refractivity contribution in [1.82, 2.24) is 5.32 Å². The predicted octanol–water partition coefficient (Wildman–Crippen LogP) is 5.79. The average molecular weight is 282 g/mol. The van der Waals surface area contributed by atoms with Crippen molar-refractivity contribution in [2.45, 2.75) is 98.4 Å². The minimum atomic E-state index is 0.608. The third-order valence-electron chi connectivity index (χ3n) is 5.27. The molecule has 1 rings (SSSR count). The Morgan fingerprint density at radius 2 is 1.75 bits per heavy atom. The van der Waals surface area contributed by atoms with Gasteiger partial charge in [0.1, 0.15) is 0 Å². The van der Waals surface area contributed by atoms with Crippen molar-refractivity contribution in [3.8, 4) is 0 Å². The van der Waals surface area contributed by atoms with Crippen LogP contribution >= 0.6 is 0 Å². The first kappa shape index (κ1) is 18.0. The normalized spacial score (nSPS) is 27.4. The fraction of sp³-hybridized carbons (Fsp3) is 1.00. The van der Waals surface area contributed by atoms with E-state index in [-0.39, 0.29) is 0 Å². The fourth-order valence-electron chi connectivity index (χ4n) is 3.60. The molecule has 1 heteroatoms. The van der Waals surface area contributed by atoms with E-state index in [9.17, 15) is 0 Å². The molecule has 0 atom stereocenters. The molecule has 1 aliphatic rings. The van der Waals surface area contributed by atoms with Crippen molar-refractivity contribution in [3.63, 3.8) is 0 Å². The zero-order chi connectivity index (χ0) is 15.0. The van der Waals surface area contributed by atoms with Crippen LogP contribution in [-0.2, 0) is 0 Å². The SMILES string of the molecule is CCCCC1CCC(CCC(C)C)(CNC(C)C)CC1. The Morgan fingerprint density at radius 3 is 2.25 bits per heavy atom. The molecule has 0 bridgehead atoms. The topological polar surface area (TPSA) is 12.0 Å². The standard InChI is InChI=1S/C19H39N/c1-6-7-8-18-10-13-19(14-11-18,12-9-16(2)3)15-20-17(4)5/h16-18,20H,6-15H2,1-5H3. The molecule has 0 radical (unpaired) electrons. The molecule has 1 aliphatic carbocycles. The smallest absolute Gasteiger partial charge is 0.00106 e. The largest absolute Gasteiger partial charge is 0.314 e. The zero-order valence-electron chi connectivity index (χ0n) is 14.8. The van der Waals surface area contributed by atoms with E-state index in [1.165, 1.54) is 64.3 Å². The molecule has 1 saturated carbocycles. The molecule has 0 heterocycles. The molecule has 0 aromatic carbocycles. The van der Waals surface area contributed by atoms with E-state index >= 15 is 0 Å². The minimum absolute atomic E-state index is 0.608. The van der Waals surface area contributed by atoms with Gasteiger partial charge in [-0.2, -0.15) is 0 Å². The Kier molecular flexibility index (Phi) is 8.17. The molecule has 1 nitrogen and oxygen atoms in total. The van der Waals surface area contributed by atoms with E-state index in [4.69, 9.17) is 0 Å². The second kappa shape index (κ2) is 9.07. The Balaban J connectivity index is 2.48. The van der Waals surface area contributed by atoms with Crippen molar-refractivity contribution in [1.29, 1.82) is 0 Å². The van der Waals surface area contributed by atoms with Gasteiger partial charge in [0.05, 0.1) is 0 Å². The molecule has 1 N–H and O–H groups in total. The van der Waals surface area contributed by atoms with Crippen molar-refractivity contribution in [2.75, 3.05) is 6.54 Å². The molecule has 20 heavy (non-hydrogen) atoms. The van der Waals surface area contributed by atoms with Gasteiger partial charge in [0.15, 0.2) is 0 Å². The third-order valence-corrected chi connectivity index (χ3v) is 5.27. The van der Waals surface area contributed by atoms with Gasteiger partial charge >= 0.3 is 0 Å². The van der Waals surface area contributed by atoms with Gasteiger partial charge in [0, 0.05) is 12.6 Å². The van der Waals surface area contributed by atoms with Crippen LogP contribution in [0.2, 0.25) is 0 Å². The lowest BCUT2D eigenvalue weighted by molar-refractivity contribution is 0.117. The lowest BCUT2D eigenvalue weighted by atomic mass is 9.66. The van der Waals surface area contributed by atoms with E-state index in [0.717, 1.165) is 11.8 Å². The molecule has 0 aromatic rings. The minimum Gasteiger partial charge on any atom is -0.314 e. The van der Waals surface area contributed by atoms with Gasteiger partial charge in [-0.1, -0.05) is 60.3 Å². The van der Waals surface area contributed by atoms with Crippen LogP contribution in [0.15, 0.2) is 0 Å². The predicted molar refractivity (Wildman–Crippen MR) is 91.1 cm³/mol. The van der Waals surface area contributed by atoms with Crippen LogP contribution in [0.4, 0.5) is 0 Å². The number of nitrogens with one attached hydrogen (secondary N) is 1. The Morgan fingerprint density at radius 1 is 1.10 bits per heavy atom. The number of hydrogen-bond donors (Lipinski definition) is 1.